The molecule has 4 rings (SSSR count). The van der Waals surface area contributed by atoms with E-state index in [2.05, 4.69) is 52.7 Å². The van der Waals surface area contributed by atoms with E-state index in [1.54, 1.807) is 12.1 Å². The number of piperidine rings is 1. The van der Waals surface area contributed by atoms with Crippen LogP contribution in [0.15, 0.2) is 66.7 Å². The molecule has 0 unspecified atom stereocenters. The second-order valence-electron chi connectivity index (χ2n) is 8.04. The number of carboxylic acids is 1. The molecular weight excluding hydrogens is 433 g/mol. The van der Waals surface area contributed by atoms with Gasteiger partial charge in [0, 0.05) is 19.1 Å². The Morgan fingerprint density at radius 2 is 1.58 bits per heavy atom. The summed E-state index contributed by atoms with van der Waals surface area (Å²) in [5, 5.41) is 23.0. The van der Waals surface area contributed by atoms with E-state index in [-0.39, 0.29) is 0 Å². The van der Waals surface area contributed by atoms with Crippen molar-refractivity contribution in [3.8, 4) is 5.75 Å². The zero-order valence-electron chi connectivity index (χ0n) is 18.1. The first-order valence-electron chi connectivity index (χ1n) is 10.7. The second kappa shape index (κ2) is 11.2. The van der Waals surface area contributed by atoms with Crippen LogP contribution in [0.1, 0.15) is 24.0 Å². The highest BCUT2D eigenvalue weighted by Crippen LogP contribution is 2.20. The molecule has 1 fully saturated rings. The molecule has 0 aliphatic carbocycles. The number of rotatable bonds is 5. The van der Waals surface area contributed by atoms with Gasteiger partial charge in [-0.15, -0.1) is 0 Å². The molecule has 0 bridgehead atoms. The van der Waals surface area contributed by atoms with Crippen molar-refractivity contribution in [3.05, 3.63) is 77.9 Å². The number of benzene rings is 3. The fraction of sp³-hybridized carbons (Fsp3) is 0.320. The zero-order valence-corrected chi connectivity index (χ0v) is 18.1. The highest BCUT2D eigenvalue weighted by molar-refractivity contribution is 5.85. The summed E-state index contributed by atoms with van der Waals surface area (Å²) in [6, 6.07) is 23.3. The molecule has 33 heavy (non-hydrogen) atoms. The standard InChI is InChI=1S/C23H26N2O.C2HF3O2/c26-22-10-8-18(9-11-22)17-25-14-12-21(13-15-25)24-16-20-6-3-5-19-4-1-2-7-23(19)20;3-2(4,5)1(6)7/h1-11,21,24,26H,12-17H2;(H,6,7). The summed E-state index contributed by atoms with van der Waals surface area (Å²) in [6.07, 6.45) is -2.72. The van der Waals surface area contributed by atoms with Crippen LogP contribution in [-0.4, -0.2) is 46.4 Å². The van der Waals surface area contributed by atoms with E-state index in [1.165, 1.54) is 34.7 Å². The van der Waals surface area contributed by atoms with Gasteiger partial charge in [0.15, 0.2) is 0 Å². The fourth-order valence-corrected chi connectivity index (χ4v) is 3.86. The summed E-state index contributed by atoms with van der Waals surface area (Å²) in [6.45, 7) is 4.14. The number of fused-ring (bicyclic) bond motifs is 1. The largest absolute Gasteiger partial charge is 0.508 e. The van der Waals surface area contributed by atoms with Crippen LogP contribution >= 0.6 is 0 Å². The summed E-state index contributed by atoms with van der Waals surface area (Å²) >= 11 is 0. The molecule has 0 atom stereocenters. The first kappa shape index (κ1) is 24.5. The van der Waals surface area contributed by atoms with Crippen LogP contribution in [0.5, 0.6) is 5.75 Å². The average molecular weight is 460 g/mol. The number of aliphatic carboxylic acids is 1. The van der Waals surface area contributed by atoms with Crippen molar-refractivity contribution in [2.24, 2.45) is 0 Å². The fourth-order valence-electron chi connectivity index (χ4n) is 3.86. The van der Waals surface area contributed by atoms with E-state index in [0.717, 1.165) is 26.2 Å². The summed E-state index contributed by atoms with van der Waals surface area (Å²) in [7, 11) is 0. The third-order valence-electron chi connectivity index (χ3n) is 5.63. The maximum absolute atomic E-state index is 10.6. The number of likely N-dealkylation sites (tertiary alicyclic amines) is 1. The Hall–Kier alpha value is -3.10. The van der Waals surface area contributed by atoms with Crippen LogP contribution in [0.25, 0.3) is 10.8 Å². The third kappa shape index (κ3) is 7.47. The minimum Gasteiger partial charge on any atom is -0.508 e. The maximum Gasteiger partial charge on any atom is 0.490 e. The van der Waals surface area contributed by atoms with Gasteiger partial charge in [-0.3, -0.25) is 4.90 Å². The maximum atomic E-state index is 10.6. The average Bonchev–Trinajstić information content (AvgIpc) is 2.80. The van der Waals surface area contributed by atoms with Crippen molar-refractivity contribution in [1.82, 2.24) is 10.2 Å². The van der Waals surface area contributed by atoms with Crippen molar-refractivity contribution in [3.63, 3.8) is 0 Å². The van der Waals surface area contributed by atoms with E-state index in [0.29, 0.717) is 11.8 Å². The van der Waals surface area contributed by atoms with Gasteiger partial charge < -0.3 is 15.5 Å². The van der Waals surface area contributed by atoms with Crippen LogP contribution in [0.4, 0.5) is 13.2 Å². The number of aromatic hydroxyl groups is 1. The highest BCUT2D eigenvalue weighted by Gasteiger charge is 2.38. The zero-order chi connectivity index (χ0) is 23.8. The molecular formula is C25H27F3N2O3. The first-order valence-corrected chi connectivity index (χ1v) is 10.7. The van der Waals surface area contributed by atoms with Gasteiger partial charge in [0.1, 0.15) is 5.75 Å². The summed E-state index contributed by atoms with van der Waals surface area (Å²) in [5.74, 6) is -2.42. The molecule has 1 aliphatic rings. The number of phenols is 1. The number of phenolic OH excluding ortho intramolecular Hbond substituents is 1. The number of hydrogen-bond donors (Lipinski definition) is 3. The molecule has 8 heteroatoms. The Balaban J connectivity index is 0.000000383. The number of halogens is 3. The molecule has 3 aromatic rings. The summed E-state index contributed by atoms with van der Waals surface area (Å²) < 4.78 is 31.7. The molecule has 0 amide bonds. The molecule has 0 saturated carbocycles. The van der Waals surface area contributed by atoms with E-state index in [4.69, 9.17) is 9.90 Å². The Labute approximate surface area is 190 Å². The van der Waals surface area contributed by atoms with Crippen LogP contribution in [-0.2, 0) is 17.9 Å². The van der Waals surface area contributed by atoms with Gasteiger partial charge in [-0.25, -0.2) is 4.79 Å². The van der Waals surface area contributed by atoms with Crippen LogP contribution < -0.4 is 5.32 Å². The predicted octanol–water partition coefficient (Wildman–Crippen LogP) is 4.93. The van der Waals surface area contributed by atoms with Crippen LogP contribution in [0.3, 0.4) is 0 Å². The number of carbonyl (C=O) groups is 1. The smallest absolute Gasteiger partial charge is 0.490 e. The van der Waals surface area contributed by atoms with E-state index in [9.17, 15) is 18.3 Å². The number of nitrogens with zero attached hydrogens (tertiary/aromatic N) is 1. The van der Waals surface area contributed by atoms with Gasteiger partial charge in [-0.2, -0.15) is 13.2 Å². The molecule has 0 spiro atoms. The molecule has 3 aromatic carbocycles. The normalized spacial score (nSPS) is 15.1. The monoisotopic (exact) mass is 460 g/mol. The second-order valence-corrected chi connectivity index (χ2v) is 8.04. The van der Waals surface area contributed by atoms with Crippen LogP contribution in [0, 0.1) is 0 Å². The number of nitrogens with one attached hydrogen (secondary N) is 1. The number of alkyl halides is 3. The molecule has 1 heterocycles. The van der Waals surface area contributed by atoms with Gasteiger partial charge in [0.05, 0.1) is 0 Å². The molecule has 3 N–H and O–H groups in total. The van der Waals surface area contributed by atoms with E-state index >= 15 is 0 Å². The number of carboxylic acid groups (broad SMARTS) is 1. The first-order chi connectivity index (χ1) is 15.7. The lowest BCUT2D eigenvalue weighted by Gasteiger charge is -2.32. The molecule has 0 radical (unpaired) electrons. The highest BCUT2D eigenvalue weighted by atomic mass is 19.4. The lowest BCUT2D eigenvalue weighted by Crippen LogP contribution is -2.41. The predicted molar refractivity (Wildman–Crippen MR) is 121 cm³/mol. The van der Waals surface area contributed by atoms with Crippen molar-refractivity contribution >= 4 is 16.7 Å². The van der Waals surface area contributed by atoms with Crippen molar-refractivity contribution in [2.75, 3.05) is 13.1 Å². The quantitative estimate of drug-likeness (QED) is 0.504. The van der Waals surface area contributed by atoms with Gasteiger partial charge in [0.2, 0.25) is 0 Å². The van der Waals surface area contributed by atoms with E-state index < -0.39 is 12.1 Å². The van der Waals surface area contributed by atoms with E-state index in [1.807, 2.05) is 12.1 Å². The summed E-state index contributed by atoms with van der Waals surface area (Å²) in [4.78, 5) is 11.4. The minimum atomic E-state index is -5.08. The van der Waals surface area contributed by atoms with Gasteiger partial charge in [0.25, 0.3) is 0 Å². The number of hydrogen-bond acceptors (Lipinski definition) is 4. The minimum absolute atomic E-state index is 0.338. The van der Waals surface area contributed by atoms with Crippen molar-refractivity contribution < 1.29 is 28.2 Å². The van der Waals surface area contributed by atoms with Gasteiger partial charge in [-0.05, 0) is 60.0 Å². The Kier molecular flexibility index (Phi) is 8.30. The molecule has 1 aliphatic heterocycles. The Morgan fingerprint density at radius 3 is 2.21 bits per heavy atom. The van der Waals surface area contributed by atoms with Crippen molar-refractivity contribution in [1.29, 1.82) is 0 Å². The van der Waals surface area contributed by atoms with Crippen molar-refractivity contribution in [2.45, 2.75) is 38.1 Å². The Morgan fingerprint density at radius 1 is 0.970 bits per heavy atom. The molecule has 5 nitrogen and oxygen atoms in total. The molecule has 1 saturated heterocycles. The molecule has 176 valence electrons. The SMILES string of the molecule is O=C(O)C(F)(F)F.Oc1ccc(CN2CCC(NCc3cccc4ccccc34)CC2)cc1. The van der Waals surface area contributed by atoms with Gasteiger partial charge >= 0.3 is 12.1 Å². The topological polar surface area (TPSA) is 72.8 Å². The third-order valence-corrected chi connectivity index (χ3v) is 5.63. The van der Waals surface area contributed by atoms with Gasteiger partial charge in [-0.1, -0.05) is 54.6 Å². The van der Waals surface area contributed by atoms with Crippen LogP contribution in [0.2, 0.25) is 0 Å². The lowest BCUT2D eigenvalue weighted by molar-refractivity contribution is -0.192. The molecule has 0 aromatic heterocycles. The Bertz CT molecular complexity index is 1040. The lowest BCUT2D eigenvalue weighted by atomic mass is 10.0. The summed E-state index contributed by atoms with van der Waals surface area (Å²) in [5.41, 5.74) is 2.65.